The van der Waals surface area contributed by atoms with Crippen molar-refractivity contribution < 1.29 is 15.0 Å². The van der Waals surface area contributed by atoms with Gasteiger partial charge in [-0.2, -0.15) is 0 Å². The van der Waals surface area contributed by atoms with Gasteiger partial charge in [0, 0.05) is 14.7 Å². The molecule has 1 unspecified atom stereocenters. The molecule has 0 spiro atoms. The van der Waals surface area contributed by atoms with Crippen LogP contribution in [0.3, 0.4) is 0 Å². The largest absolute Gasteiger partial charge is 0.479 e. The lowest BCUT2D eigenvalue weighted by atomic mass is 10.3. The zero-order valence-corrected chi connectivity index (χ0v) is 7.72. The van der Waals surface area contributed by atoms with Crippen LogP contribution in [0.25, 0.3) is 0 Å². The van der Waals surface area contributed by atoms with E-state index in [1.54, 1.807) is 11.4 Å². The Morgan fingerprint density at radius 1 is 1.73 bits per heavy atom. The molecule has 1 aromatic heterocycles. The van der Waals surface area contributed by atoms with Gasteiger partial charge in [0.1, 0.15) is 0 Å². The molecule has 0 fully saturated rings. The van der Waals surface area contributed by atoms with Gasteiger partial charge in [-0.1, -0.05) is 0 Å². The summed E-state index contributed by atoms with van der Waals surface area (Å²) in [4.78, 5) is 10.7. The first-order valence-electron chi connectivity index (χ1n) is 2.76. The predicted octanol–water partition coefficient (Wildman–Crippen LogP) is 1.63. The van der Waals surface area contributed by atoms with Crippen molar-refractivity contribution in [1.29, 1.82) is 0 Å². The predicted molar refractivity (Wildman–Crippen MR) is 44.6 cm³/mol. The van der Waals surface area contributed by atoms with E-state index in [-0.39, 0.29) is 0 Å². The Kier molecular flexibility index (Phi) is 2.64. The monoisotopic (exact) mass is 236 g/mol. The van der Waals surface area contributed by atoms with Crippen molar-refractivity contribution in [2.24, 2.45) is 0 Å². The van der Waals surface area contributed by atoms with Crippen LogP contribution in [-0.4, -0.2) is 16.2 Å². The number of aliphatic carboxylic acids is 1. The number of hydrogen-bond donors (Lipinski definition) is 2. The molecule has 1 aromatic rings. The van der Waals surface area contributed by atoms with Crippen LogP contribution in [0.4, 0.5) is 0 Å². The van der Waals surface area contributed by atoms with Crippen LogP contribution in [0, 0.1) is 0 Å². The van der Waals surface area contributed by atoms with E-state index in [0.29, 0.717) is 4.88 Å². The summed E-state index contributed by atoms with van der Waals surface area (Å²) in [5, 5.41) is 19.1. The van der Waals surface area contributed by atoms with Gasteiger partial charge in [0.25, 0.3) is 0 Å². The van der Waals surface area contributed by atoms with E-state index in [4.69, 9.17) is 10.2 Å². The standard InChI is InChI=1S/C6H5BrO3S/c7-3-1-4(11-2-3)5(8)6(9)10/h1-2,5,8H,(H,9,10). The lowest BCUT2D eigenvalue weighted by Crippen LogP contribution is -2.08. The average Bonchev–Trinajstić information content (AvgIpc) is 2.34. The number of hydrogen-bond acceptors (Lipinski definition) is 3. The minimum atomic E-state index is -1.40. The summed E-state index contributed by atoms with van der Waals surface area (Å²) in [6.07, 6.45) is -1.40. The average molecular weight is 237 g/mol. The number of carboxylic acids is 1. The molecule has 0 saturated carbocycles. The molecular weight excluding hydrogens is 232 g/mol. The molecule has 1 atom stereocenters. The topological polar surface area (TPSA) is 57.5 Å². The minimum Gasteiger partial charge on any atom is -0.479 e. The van der Waals surface area contributed by atoms with Crippen molar-refractivity contribution in [3.05, 3.63) is 20.8 Å². The summed E-state index contributed by atoms with van der Waals surface area (Å²) in [5.41, 5.74) is 0. The maximum absolute atomic E-state index is 10.3. The number of halogens is 1. The van der Waals surface area contributed by atoms with Crippen molar-refractivity contribution in [2.75, 3.05) is 0 Å². The second-order valence-corrected chi connectivity index (χ2v) is 3.77. The fourth-order valence-corrected chi connectivity index (χ4v) is 2.01. The molecule has 1 rings (SSSR count). The van der Waals surface area contributed by atoms with E-state index in [1.807, 2.05) is 0 Å². The Morgan fingerprint density at radius 2 is 2.36 bits per heavy atom. The molecule has 0 aromatic carbocycles. The second kappa shape index (κ2) is 3.34. The van der Waals surface area contributed by atoms with Gasteiger partial charge in [-0.05, 0) is 22.0 Å². The van der Waals surface area contributed by atoms with E-state index in [2.05, 4.69) is 15.9 Å². The van der Waals surface area contributed by atoms with E-state index >= 15 is 0 Å². The smallest absolute Gasteiger partial charge is 0.338 e. The molecule has 0 amide bonds. The van der Waals surface area contributed by atoms with Crippen molar-refractivity contribution in [2.45, 2.75) is 6.10 Å². The van der Waals surface area contributed by atoms with Crippen LogP contribution in [0.5, 0.6) is 0 Å². The minimum absolute atomic E-state index is 0.435. The van der Waals surface area contributed by atoms with Gasteiger partial charge in [0.2, 0.25) is 0 Å². The molecule has 0 bridgehead atoms. The highest BCUT2D eigenvalue weighted by atomic mass is 79.9. The van der Waals surface area contributed by atoms with Crippen molar-refractivity contribution in [3.63, 3.8) is 0 Å². The Bertz CT molecular complexity index is 271. The molecule has 11 heavy (non-hydrogen) atoms. The molecule has 0 radical (unpaired) electrons. The molecule has 5 heteroatoms. The quantitative estimate of drug-likeness (QED) is 0.821. The maximum Gasteiger partial charge on any atom is 0.338 e. The molecule has 0 aliphatic rings. The number of rotatable bonds is 2. The third kappa shape index (κ3) is 2.02. The Hall–Kier alpha value is -0.390. The molecule has 60 valence electrons. The normalized spacial score (nSPS) is 12.9. The lowest BCUT2D eigenvalue weighted by molar-refractivity contribution is -0.146. The zero-order valence-electron chi connectivity index (χ0n) is 5.32. The van der Waals surface area contributed by atoms with Crippen LogP contribution in [0.1, 0.15) is 11.0 Å². The fraction of sp³-hybridized carbons (Fsp3) is 0.167. The summed E-state index contributed by atoms with van der Waals surface area (Å²) in [7, 11) is 0. The SMILES string of the molecule is O=C(O)C(O)c1cc(Br)cs1. The molecule has 2 N–H and O–H groups in total. The van der Waals surface area contributed by atoms with Crippen molar-refractivity contribution >= 4 is 33.2 Å². The van der Waals surface area contributed by atoms with Crippen LogP contribution in [0.2, 0.25) is 0 Å². The second-order valence-electron chi connectivity index (χ2n) is 1.91. The van der Waals surface area contributed by atoms with Crippen LogP contribution >= 0.6 is 27.3 Å². The first-order chi connectivity index (χ1) is 5.11. The van der Waals surface area contributed by atoms with Gasteiger partial charge in [0.05, 0.1) is 0 Å². The van der Waals surface area contributed by atoms with Gasteiger partial charge >= 0.3 is 5.97 Å². The lowest BCUT2D eigenvalue weighted by Gasteiger charge is -1.99. The van der Waals surface area contributed by atoms with Gasteiger partial charge in [-0.3, -0.25) is 0 Å². The Balaban J connectivity index is 2.84. The number of aliphatic hydroxyl groups is 1. The van der Waals surface area contributed by atoms with Crippen LogP contribution in [-0.2, 0) is 4.79 Å². The molecule has 0 aliphatic carbocycles. The van der Waals surface area contributed by atoms with Gasteiger partial charge < -0.3 is 10.2 Å². The van der Waals surface area contributed by atoms with Crippen molar-refractivity contribution in [1.82, 2.24) is 0 Å². The third-order valence-electron chi connectivity index (χ3n) is 1.09. The highest BCUT2D eigenvalue weighted by Crippen LogP contribution is 2.25. The Morgan fingerprint density at radius 3 is 2.73 bits per heavy atom. The van der Waals surface area contributed by atoms with Gasteiger partial charge in [-0.25, -0.2) is 4.79 Å². The van der Waals surface area contributed by atoms with Crippen LogP contribution in [0.15, 0.2) is 15.9 Å². The van der Waals surface area contributed by atoms with Crippen LogP contribution < -0.4 is 0 Å². The molecular formula is C6H5BrO3S. The van der Waals surface area contributed by atoms with Gasteiger partial charge in [-0.15, -0.1) is 11.3 Å². The van der Waals surface area contributed by atoms with E-state index in [0.717, 1.165) is 4.47 Å². The molecule has 0 aliphatic heterocycles. The highest BCUT2D eigenvalue weighted by Gasteiger charge is 2.17. The molecule has 0 saturated heterocycles. The summed E-state index contributed by atoms with van der Waals surface area (Å²) in [6, 6.07) is 1.59. The summed E-state index contributed by atoms with van der Waals surface area (Å²) >= 11 is 4.36. The Labute approximate surface area is 75.4 Å². The number of carbonyl (C=O) groups is 1. The molecule has 1 heterocycles. The van der Waals surface area contributed by atoms with E-state index in [1.165, 1.54) is 11.3 Å². The third-order valence-corrected chi connectivity index (χ3v) is 2.84. The highest BCUT2D eigenvalue weighted by molar-refractivity contribution is 9.10. The number of thiophene rings is 1. The first kappa shape index (κ1) is 8.70. The summed E-state index contributed by atoms with van der Waals surface area (Å²) in [5.74, 6) is -1.22. The zero-order chi connectivity index (χ0) is 8.43. The van der Waals surface area contributed by atoms with E-state index < -0.39 is 12.1 Å². The fourth-order valence-electron chi connectivity index (χ4n) is 0.593. The first-order valence-corrected chi connectivity index (χ1v) is 4.43. The molecule has 3 nitrogen and oxygen atoms in total. The summed E-state index contributed by atoms with van der Waals surface area (Å²) < 4.78 is 0.790. The maximum atomic E-state index is 10.3. The number of aliphatic hydroxyl groups excluding tert-OH is 1. The number of carboxylic acid groups (broad SMARTS) is 1. The summed E-state index contributed by atoms with van der Waals surface area (Å²) in [6.45, 7) is 0. The van der Waals surface area contributed by atoms with E-state index in [9.17, 15) is 4.79 Å². The van der Waals surface area contributed by atoms with Crippen molar-refractivity contribution in [3.8, 4) is 0 Å². The van der Waals surface area contributed by atoms with Gasteiger partial charge in [0.15, 0.2) is 6.10 Å².